The highest BCUT2D eigenvalue weighted by Crippen LogP contribution is 2.24. The van der Waals surface area contributed by atoms with Crippen LogP contribution in [0.5, 0.6) is 0 Å². The summed E-state index contributed by atoms with van der Waals surface area (Å²) in [7, 11) is 0. The lowest BCUT2D eigenvalue weighted by molar-refractivity contribution is -0.144. The van der Waals surface area contributed by atoms with Crippen molar-refractivity contribution < 1.29 is 23.9 Å². The first-order valence-electron chi connectivity index (χ1n) is 10.3. The molecule has 0 radical (unpaired) electrons. The van der Waals surface area contributed by atoms with Gasteiger partial charge in [0.2, 0.25) is 5.91 Å². The summed E-state index contributed by atoms with van der Waals surface area (Å²) in [6.45, 7) is 4.08. The van der Waals surface area contributed by atoms with Gasteiger partial charge in [-0.05, 0) is 38.0 Å². The number of esters is 1. The van der Waals surface area contributed by atoms with Crippen molar-refractivity contribution in [1.29, 1.82) is 0 Å². The lowest BCUT2D eigenvalue weighted by Crippen LogP contribution is -2.33. The highest BCUT2D eigenvalue weighted by molar-refractivity contribution is 6.21. The second kappa shape index (κ2) is 10.0. The fourth-order valence-electron chi connectivity index (χ4n) is 3.34. The van der Waals surface area contributed by atoms with Crippen LogP contribution >= 0.6 is 0 Å². The van der Waals surface area contributed by atoms with Crippen LogP contribution in [-0.4, -0.2) is 48.3 Å². The van der Waals surface area contributed by atoms with Crippen molar-refractivity contribution in [2.24, 2.45) is 0 Å². The van der Waals surface area contributed by atoms with Crippen molar-refractivity contribution in [3.8, 4) is 0 Å². The molecule has 3 amide bonds. The number of aryl methyl sites for hydroxylation is 3. The molecule has 0 saturated carbocycles. The molecule has 2 aromatic rings. The van der Waals surface area contributed by atoms with Crippen molar-refractivity contribution >= 4 is 23.7 Å². The Morgan fingerprint density at radius 3 is 2.32 bits per heavy atom. The molecular weight excluding hydrogens is 396 g/mol. The predicted octanol–water partition coefficient (Wildman–Crippen LogP) is 2.58. The summed E-state index contributed by atoms with van der Waals surface area (Å²) in [6, 6.07) is 13.1. The zero-order valence-electron chi connectivity index (χ0n) is 17.8. The minimum atomic E-state index is -0.526. The van der Waals surface area contributed by atoms with E-state index in [1.54, 1.807) is 18.2 Å². The normalized spacial score (nSPS) is 12.6. The van der Waals surface area contributed by atoms with Gasteiger partial charge in [0, 0.05) is 13.0 Å². The monoisotopic (exact) mass is 422 g/mol. The van der Waals surface area contributed by atoms with E-state index in [-0.39, 0.29) is 32.0 Å². The second-order valence-corrected chi connectivity index (χ2v) is 7.62. The Bertz CT molecular complexity index is 998. The molecule has 0 fully saturated rings. The van der Waals surface area contributed by atoms with Crippen molar-refractivity contribution in [2.45, 2.75) is 33.1 Å². The summed E-state index contributed by atoms with van der Waals surface area (Å²) in [5.41, 5.74) is 3.88. The molecule has 2 aromatic carbocycles. The van der Waals surface area contributed by atoms with Crippen molar-refractivity contribution in [3.05, 3.63) is 70.3 Å². The zero-order chi connectivity index (χ0) is 22.4. The molecule has 0 atom stereocenters. The van der Waals surface area contributed by atoms with Crippen molar-refractivity contribution in [2.75, 3.05) is 19.7 Å². The Hall–Kier alpha value is -3.48. The first-order valence-corrected chi connectivity index (χ1v) is 10.3. The number of carbonyl (C=O) groups is 4. The van der Waals surface area contributed by atoms with Crippen LogP contribution in [0.15, 0.2) is 42.5 Å². The number of nitrogens with one attached hydrogen (secondary N) is 1. The van der Waals surface area contributed by atoms with Gasteiger partial charge >= 0.3 is 5.97 Å². The number of nitrogens with zero attached hydrogens (tertiary/aromatic N) is 1. The van der Waals surface area contributed by atoms with Gasteiger partial charge in [0.05, 0.1) is 24.1 Å². The molecule has 0 saturated heterocycles. The SMILES string of the molecule is Cc1ccc(CCC(=O)NCCOC(=O)CCN2C(=O)c3ccc(C)cc3C2=O)cc1. The number of hydrogen-bond donors (Lipinski definition) is 1. The highest BCUT2D eigenvalue weighted by Gasteiger charge is 2.35. The first kappa shape index (κ1) is 22.2. The molecule has 7 heteroatoms. The minimum Gasteiger partial charge on any atom is -0.464 e. The van der Waals surface area contributed by atoms with Crippen LogP contribution in [0.2, 0.25) is 0 Å². The number of rotatable bonds is 9. The van der Waals surface area contributed by atoms with Crippen LogP contribution in [0, 0.1) is 13.8 Å². The second-order valence-electron chi connectivity index (χ2n) is 7.62. The van der Waals surface area contributed by atoms with Crippen molar-refractivity contribution in [3.63, 3.8) is 0 Å². The lowest BCUT2D eigenvalue weighted by atomic mass is 10.1. The molecule has 7 nitrogen and oxygen atoms in total. The van der Waals surface area contributed by atoms with E-state index in [4.69, 9.17) is 4.74 Å². The number of benzene rings is 2. The average molecular weight is 422 g/mol. The predicted molar refractivity (Wildman–Crippen MR) is 115 cm³/mol. The Morgan fingerprint density at radius 2 is 1.58 bits per heavy atom. The van der Waals surface area contributed by atoms with Gasteiger partial charge in [-0.1, -0.05) is 41.5 Å². The lowest BCUT2D eigenvalue weighted by Gasteiger charge is -2.13. The smallest absolute Gasteiger partial charge is 0.307 e. The molecule has 0 aliphatic carbocycles. The van der Waals surface area contributed by atoms with Crippen LogP contribution in [0.3, 0.4) is 0 Å². The first-order chi connectivity index (χ1) is 14.8. The number of fused-ring (bicyclic) bond motifs is 1. The standard InChI is InChI=1S/C24H26N2O5/c1-16-3-6-18(7-4-16)8-10-21(27)25-12-14-31-22(28)11-13-26-23(29)19-9-5-17(2)15-20(19)24(26)30/h3-7,9,15H,8,10-14H2,1-2H3,(H,25,27). The van der Waals surface area contributed by atoms with Crippen LogP contribution in [0.25, 0.3) is 0 Å². The third kappa shape index (κ3) is 5.78. The fourth-order valence-corrected chi connectivity index (χ4v) is 3.34. The third-order valence-corrected chi connectivity index (χ3v) is 5.11. The highest BCUT2D eigenvalue weighted by atomic mass is 16.5. The van der Waals surface area contributed by atoms with E-state index in [2.05, 4.69) is 5.32 Å². The molecule has 162 valence electrons. The summed E-state index contributed by atoms with van der Waals surface area (Å²) in [6.07, 6.45) is 0.910. The van der Waals surface area contributed by atoms with Gasteiger partial charge in [-0.25, -0.2) is 0 Å². The Labute approximate surface area is 181 Å². The summed E-state index contributed by atoms with van der Waals surface area (Å²) >= 11 is 0. The topological polar surface area (TPSA) is 92.8 Å². The maximum atomic E-state index is 12.4. The minimum absolute atomic E-state index is 0.0346. The van der Waals surface area contributed by atoms with E-state index in [1.807, 2.05) is 38.1 Å². The van der Waals surface area contributed by atoms with Crippen LogP contribution < -0.4 is 5.32 Å². The summed E-state index contributed by atoms with van der Waals surface area (Å²) in [5.74, 6) is -1.43. The van der Waals surface area contributed by atoms with E-state index in [0.29, 0.717) is 24.0 Å². The van der Waals surface area contributed by atoms with Crippen LogP contribution in [0.4, 0.5) is 0 Å². The summed E-state index contributed by atoms with van der Waals surface area (Å²) in [5, 5.41) is 2.71. The number of imide groups is 1. The van der Waals surface area contributed by atoms with Crippen LogP contribution in [0.1, 0.15) is 50.2 Å². The molecule has 1 N–H and O–H groups in total. The maximum absolute atomic E-state index is 12.4. The zero-order valence-corrected chi connectivity index (χ0v) is 17.8. The van der Waals surface area contributed by atoms with Gasteiger partial charge in [-0.2, -0.15) is 0 Å². The largest absolute Gasteiger partial charge is 0.464 e. The number of ether oxygens (including phenoxy) is 1. The quantitative estimate of drug-likeness (QED) is 0.381. The molecular formula is C24H26N2O5. The van der Waals surface area contributed by atoms with Gasteiger partial charge in [0.1, 0.15) is 6.61 Å². The molecule has 0 aromatic heterocycles. The van der Waals surface area contributed by atoms with Gasteiger partial charge in [-0.15, -0.1) is 0 Å². The number of carbonyl (C=O) groups excluding carboxylic acids is 4. The van der Waals surface area contributed by atoms with E-state index in [1.165, 1.54) is 5.56 Å². The van der Waals surface area contributed by atoms with Gasteiger partial charge in [0.15, 0.2) is 0 Å². The van der Waals surface area contributed by atoms with Crippen LogP contribution in [-0.2, 0) is 20.7 Å². The Kier molecular flexibility index (Phi) is 7.18. The van der Waals surface area contributed by atoms with E-state index in [0.717, 1.165) is 16.0 Å². The molecule has 1 aliphatic rings. The summed E-state index contributed by atoms with van der Waals surface area (Å²) in [4.78, 5) is 49.7. The molecule has 0 unspecified atom stereocenters. The number of hydrogen-bond acceptors (Lipinski definition) is 5. The maximum Gasteiger partial charge on any atom is 0.307 e. The third-order valence-electron chi connectivity index (χ3n) is 5.11. The Balaban J connectivity index is 1.33. The van der Waals surface area contributed by atoms with Gasteiger partial charge in [-0.3, -0.25) is 24.1 Å². The molecule has 1 aliphatic heterocycles. The fraction of sp³-hybridized carbons (Fsp3) is 0.333. The van der Waals surface area contributed by atoms with Gasteiger partial charge in [0.25, 0.3) is 11.8 Å². The van der Waals surface area contributed by atoms with E-state index < -0.39 is 17.8 Å². The molecule has 1 heterocycles. The summed E-state index contributed by atoms with van der Waals surface area (Å²) < 4.78 is 5.09. The van der Waals surface area contributed by atoms with E-state index >= 15 is 0 Å². The Morgan fingerprint density at radius 1 is 0.903 bits per heavy atom. The van der Waals surface area contributed by atoms with Crippen molar-refractivity contribution in [1.82, 2.24) is 10.2 Å². The molecule has 31 heavy (non-hydrogen) atoms. The molecule has 0 spiro atoms. The average Bonchev–Trinajstić information content (AvgIpc) is 2.98. The van der Waals surface area contributed by atoms with E-state index in [9.17, 15) is 19.2 Å². The van der Waals surface area contributed by atoms with Gasteiger partial charge < -0.3 is 10.1 Å². The molecule has 0 bridgehead atoms. The molecule has 3 rings (SSSR count). The number of amides is 3.